The highest BCUT2D eigenvalue weighted by atomic mass is 79.9. The van der Waals surface area contributed by atoms with Crippen LogP contribution in [0.2, 0.25) is 0 Å². The molecule has 1 N–H and O–H groups in total. The van der Waals surface area contributed by atoms with E-state index in [4.69, 9.17) is 4.74 Å². The summed E-state index contributed by atoms with van der Waals surface area (Å²) in [5, 5.41) is 3.11. The first-order valence-corrected chi connectivity index (χ1v) is 5.52. The van der Waals surface area contributed by atoms with Crippen LogP contribution in [0.4, 0.5) is 0 Å². The molecule has 80 valence electrons. The first kappa shape index (κ1) is 12.1. The van der Waals surface area contributed by atoms with Gasteiger partial charge in [-0.3, -0.25) is 0 Å². The van der Waals surface area contributed by atoms with Crippen LogP contribution in [-0.2, 0) is 6.54 Å². The van der Waals surface area contributed by atoms with Crippen molar-refractivity contribution in [2.45, 2.75) is 13.5 Å². The molecule has 0 aliphatic heterocycles. The van der Waals surface area contributed by atoms with Crippen molar-refractivity contribution in [3.63, 3.8) is 0 Å². The Bertz CT molecular complexity index is 379. The Labute approximate surface area is 99.2 Å². The second kappa shape index (κ2) is 6.49. The van der Waals surface area contributed by atoms with Gasteiger partial charge in [-0.15, -0.1) is 5.92 Å². The predicted molar refractivity (Wildman–Crippen MR) is 65.9 cm³/mol. The molecule has 0 aliphatic carbocycles. The molecule has 0 bridgehead atoms. The lowest BCUT2D eigenvalue weighted by molar-refractivity contribution is 0.365. The molecule has 0 saturated carbocycles. The topological polar surface area (TPSA) is 21.3 Å². The summed E-state index contributed by atoms with van der Waals surface area (Å²) in [5.41, 5.74) is 1.13. The van der Waals surface area contributed by atoms with Crippen molar-refractivity contribution < 1.29 is 4.74 Å². The van der Waals surface area contributed by atoms with E-state index in [0.717, 1.165) is 22.3 Å². The van der Waals surface area contributed by atoms with Crippen LogP contribution in [0.1, 0.15) is 12.5 Å². The van der Waals surface area contributed by atoms with E-state index in [1.54, 1.807) is 6.92 Å². The average Bonchev–Trinajstić information content (AvgIpc) is 2.22. The van der Waals surface area contributed by atoms with Gasteiger partial charge in [0.05, 0.1) is 0 Å². The number of nitrogens with one attached hydrogen (secondary N) is 1. The van der Waals surface area contributed by atoms with Gasteiger partial charge in [-0.2, -0.15) is 0 Å². The minimum atomic E-state index is 0.439. The van der Waals surface area contributed by atoms with Gasteiger partial charge < -0.3 is 10.1 Å². The molecule has 0 spiro atoms. The highest BCUT2D eigenvalue weighted by Gasteiger charge is 2.02. The van der Waals surface area contributed by atoms with E-state index < -0.39 is 0 Å². The fourth-order valence-electron chi connectivity index (χ4n) is 1.20. The largest absolute Gasteiger partial charge is 0.481 e. The normalized spacial score (nSPS) is 9.27. The van der Waals surface area contributed by atoms with Gasteiger partial charge in [0.25, 0.3) is 0 Å². The zero-order valence-electron chi connectivity index (χ0n) is 8.93. The quantitative estimate of drug-likeness (QED) is 0.847. The molecule has 15 heavy (non-hydrogen) atoms. The van der Waals surface area contributed by atoms with Gasteiger partial charge >= 0.3 is 0 Å². The first-order valence-electron chi connectivity index (χ1n) is 4.73. The summed E-state index contributed by atoms with van der Waals surface area (Å²) >= 11 is 3.44. The SMILES string of the molecule is CC#CCOc1ccc(Br)cc1CNC. The Morgan fingerprint density at radius 3 is 2.93 bits per heavy atom. The summed E-state index contributed by atoms with van der Waals surface area (Å²) in [7, 11) is 1.91. The third-order valence-electron chi connectivity index (χ3n) is 1.87. The molecule has 0 aliphatic rings. The summed E-state index contributed by atoms with van der Waals surface area (Å²) in [5.74, 6) is 6.56. The van der Waals surface area contributed by atoms with Gasteiger partial charge in [0.15, 0.2) is 0 Å². The molecular formula is C12H14BrNO. The fraction of sp³-hybridized carbons (Fsp3) is 0.333. The minimum absolute atomic E-state index is 0.439. The predicted octanol–water partition coefficient (Wildman–Crippen LogP) is 2.57. The van der Waals surface area contributed by atoms with Crippen LogP contribution < -0.4 is 10.1 Å². The van der Waals surface area contributed by atoms with Crippen LogP contribution >= 0.6 is 15.9 Å². The summed E-state index contributed by atoms with van der Waals surface area (Å²) in [4.78, 5) is 0. The monoisotopic (exact) mass is 267 g/mol. The summed E-state index contributed by atoms with van der Waals surface area (Å²) < 4.78 is 6.61. The Kier molecular flexibility index (Phi) is 5.23. The third kappa shape index (κ3) is 3.94. The van der Waals surface area contributed by atoms with Gasteiger partial charge in [0.2, 0.25) is 0 Å². The highest BCUT2D eigenvalue weighted by molar-refractivity contribution is 9.10. The third-order valence-corrected chi connectivity index (χ3v) is 2.36. The highest BCUT2D eigenvalue weighted by Crippen LogP contribution is 2.22. The molecule has 0 saturated heterocycles. The van der Waals surface area contributed by atoms with Gasteiger partial charge in [-0.1, -0.05) is 21.9 Å². The second-order valence-corrected chi connectivity index (χ2v) is 3.91. The maximum Gasteiger partial charge on any atom is 0.149 e. The molecule has 0 aromatic heterocycles. The van der Waals surface area contributed by atoms with Crippen LogP contribution in [0.3, 0.4) is 0 Å². The first-order chi connectivity index (χ1) is 7.27. The zero-order chi connectivity index (χ0) is 11.1. The Hall–Kier alpha value is -0.980. The van der Waals surface area contributed by atoms with Gasteiger partial charge in [-0.25, -0.2) is 0 Å². The molecule has 3 heteroatoms. The van der Waals surface area contributed by atoms with E-state index in [2.05, 4.69) is 33.1 Å². The van der Waals surface area contributed by atoms with Crippen molar-refractivity contribution in [3.8, 4) is 17.6 Å². The van der Waals surface area contributed by atoms with Crippen LogP contribution in [0, 0.1) is 11.8 Å². The summed E-state index contributed by atoms with van der Waals surface area (Å²) in [6, 6.07) is 5.97. The Morgan fingerprint density at radius 1 is 1.47 bits per heavy atom. The maximum absolute atomic E-state index is 5.55. The lowest BCUT2D eigenvalue weighted by Crippen LogP contribution is -2.07. The number of ether oxygens (including phenoxy) is 1. The number of rotatable bonds is 4. The Morgan fingerprint density at radius 2 is 2.27 bits per heavy atom. The molecule has 1 rings (SSSR count). The van der Waals surface area contributed by atoms with Crippen molar-refractivity contribution in [2.75, 3.05) is 13.7 Å². The number of benzene rings is 1. The molecule has 1 aromatic rings. The van der Waals surface area contributed by atoms with Gasteiger partial charge in [-0.05, 0) is 32.2 Å². The molecule has 0 unspecified atom stereocenters. The van der Waals surface area contributed by atoms with E-state index >= 15 is 0 Å². The van der Waals surface area contributed by atoms with Crippen molar-refractivity contribution in [2.24, 2.45) is 0 Å². The summed E-state index contributed by atoms with van der Waals surface area (Å²) in [6.07, 6.45) is 0. The maximum atomic E-state index is 5.55. The molecule has 2 nitrogen and oxygen atoms in total. The van der Waals surface area contributed by atoms with Crippen LogP contribution in [0.5, 0.6) is 5.75 Å². The molecule has 0 atom stereocenters. The standard InChI is InChI=1S/C12H14BrNO/c1-3-4-7-15-12-6-5-11(13)8-10(12)9-14-2/h5-6,8,14H,7,9H2,1-2H3. The van der Waals surface area contributed by atoms with Crippen LogP contribution in [0.25, 0.3) is 0 Å². The smallest absolute Gasteiger partial charge is 0.149 e. The van der Waals surface area contributed by atoms with Crippen molar-refractivity contribution >= 4 is 15.9 Å². The molecular weight excluding hydrogens is 254 g/mol. The van der Waals surface area contributed by atoms with E-state index in [-0.39, 0.29) is 0 Å². The van der Waals surface area contributed by atoms with Crippen molar-refractivity contribution in [1.29, 1.82) is 0 Å². The molecule has 0 radical (unpaired) electrons. The second-order valence-electron chi connectivity index (χ2n) is 3.00. The van der Waals surface area contributed by atoms with Gasteiger partial charge in [0.1, 0.15) is 12.4 Å². The lowest BCUT2D eigenvalue weighted by Gasteiger charge is -2.09. The molecule has 0 heterocycles. The number of hydrogen-bond donors (Lipinski definition) is 1. The van der Waals surface area contributed by atoms with Crippen molar-refractivity contribution in [1.82, 2.24) is 5.32 Å². The van der Waals surface area contributed by atoms with E-state index in [1.165, 1.54) is 0 Å². The lowest BCUT2D eigenvalue weighted by atomic mass is 10.2. The van der Waals surface area contributed by atoms with E-state index in [1.807, 2.05) is 25.2 Å². The van der Waals surface area contributed by atoms with E-state index in [0.29, 0.717) is 6.61 Å². The van der Waals surface area contributed by atoms with Crippen LogP contribution in [0.15, 0.2) is 22.7 Å². The number of halogens is 1. The molecule has 0 amide bonds. The number of hydrogen-bond acceptors (Lipinski definition) is 2. The molecule has 0 fully saturated rings. The average molecular weight is 268 g/mol. The minimum Gasteiger partial charge on any atom is -0.481 e. The van der Waals surface area contributed by atoms with Gasteiger partial charge in [0, 0.05) is 16.6 Å². The van der Waals surface area contributed by atoms with E-state index in [9.17, 15) is 0 Å². The van der Waals surface area contributed by atoms with Crippen LogP contribution in [-0.4, -0.2) is 13.7 Å². The molecule has 1 aromatic carbocycles. The fourth-order valence-corrected chi connectivity index (χ4v) is 1.61. The Balaban J connectivity index is 2.78. The summed E-state index contributed by atoms with van der Waals surface area (Å²) in [6.45, 7) is 3.03. The van der Waals surface area contributed by atoms with Crippen molar-refractivity contribution in [3.05, 3.63) is 28.2 Å². The zero-order valence-corrected chi connectivity index (χ0v) is 10.5.